The van der Waals surface area contributed by atoms with Crippen LogP contribution in [0.3, 0.4) is 0 Å². The van der Waals surface area contributed by atoms with Gasteiger partial charge in [0.2, 0.25) is 0 Å². The standard InChI is InChI=1S/C24H21N3OS/c28-24(17-14-20(15-11-12-15)25-18-7-2-1-6-16(17)18)27-13-5-9-21(27)23-26-19-8-3-4-10-22(19)29-23/h1-4,6-8,10,14-15,21H,5,9,11-13H2. The molecule has 6 rings (SSSR count). The maximum Gasteiger partial charge on any atom is 0.255 e. The van der Waals surface area contributed by atoms with Crippen molar-refractivity contribution in [2.75, 3.05) is 6.54 Å². The quantitative estimate of drug-likeness (QED) is 0.444. The second-order valence-electron chi connectivity index (χ2n) is 8.06. The van der Waals surface area contributed by atoms with Gasteiger partial charge in [-0.1, -0.05) is 30.3 Å². The van der Waals surface area contributed by atoms with E-state index in [2.05, 4.69) is 18.2 Å². The van der Waals surface area contributed by atoms with Gasteiger partial charge in [-0.05, 0) is 49.9 Å². The van der Waals surface area contributed by atoms with E-state index in [4.69, 9.17) is 9.97 Å². The van der Waals surface area contributed by atoms with Crippen LogP contribution >= 0.6 is 11.3 Å². The zero-order valence-corrected chi connectivity index (χ0v) is 16.9. The first kappa shape index (κ1) is 17.1. The number of para-hydroxylation sites is 2. The summed E-state index contributed by atoms with van der Waals surface area (Å²) in [4.78, 5) is 25.5. The van der Waals surface area contributed by atoms with Crippen molar-refractivity contribution >= 4 is 38.4 Å². The van der Waals surface area contributed by atoms with Gasteiger partial charge in [-0.3, -0.25) is 9.78 Å². The number of nitrogens with zero attached hydrogens (tertiary/aromatic N) is 3. The molecule has 2 aromatic carbocycles. The van der Waals surface area contributed by atoms with Gasteiger partial charge in [0.15, 0.2) is 0 Å². The lowest BCUT2D eigenvalue weighted by Gasteiger charge is -2.24. The number of likely N-dealkylation sites (tertiary alicyclic amines) is 1. The molecule has 2 fully saturated rings. The number of rotatable bonds is 3. The lowest BCUT2D eigenvalue weighted by atomic mass is 10.0. The second-order valence-corrected chi connectivity index (χ2v) is 9.12. The van der Waals surface area contributed by atoms with Crippen molar-refractivity contribution in [1.29, 1.82) is 0 Å². The summed E-state index contributed by atoms with van der Waals surface area (Å²) in [5.41, 5.74) is 3.82. The van der Waals surface area contributed by atoms with Crippen molar-refractivity contribution in [2.45, 2.75) is 37.6 Å². The molecule has 1 atom stereocenters. The van der Waals surface area contributed by atoms with E-state index in [1.54, 1.807) is 11.3 Å². The molecule has 144 valence electrons. The lowest BCUT2D eigenvalue weighted by Crippen LogP contribution is -2.30. The van der Waals surface area contributed by atoms with E-state index in [0.29, 0.717) is 5.92 Å². The maximum absolute atomic E-state index is 13.7. The molecular formula is C24H21N3OS. The van der Waals surface area contributed by atoms with Crippen molar-refractivity contribution < 1.29 is 4.79 Å². The first-order chi connectivity index (χ1) is 14.3. The van der Waals surface area contributed by atoms with Crippen molar-refractivity contribution in [3.8, 4) is 0 Å². The highest BCUT2D eigenvalue weighted by Gasteiger charge is 2.34. The van der Waals surface area contributed by atoms with Gasteiger partial charge in [0.05, 0.1) is 27.3 Å². The molecule has 3 heterocycles. The van der Waals surface area contributed by atoms with Gasteiger partial charge in [-0.15, -0.1) is 11.3 Å². The molecule has 2 aliphatic rings. The summed E-state index contributed by atoms with van der Waals surface area (Å²) in [5, 5.41) is 2.01. The summed E-state index contributed by atoms with van der Waals surface area (Å²) < 4.78 is 1.19. The molecule has 1 unspecified atom stereocenters. The molecular weight excluding hydrogens is 378 g/mol. The largest absolute Gasteiger partial charge is 0.329 e. The number of fused-ring (bicyclic) bond motifs is 2. The lowest BCUT2D eigenvalue weighted by molar-refractivity contribution is 0.0737. The van der Waals surface area contributed by atoms with Crippen molar-refractivity contribution in [3.63, 3.8) is 0 Å². The van der Waals surface area contributed by atoms with Crippen molar-refractivity contribution in [3.05, 3.63) is 70.9 Å². The van der Waals surface area contributed by atoms with Crippen LogP contribution in [0.25, 0.3) is 21.1 Å². The summed E-state index contributed by atoms with van der Waals surface area (Å²) in [6.07, 6.45) is 4.35. The molecule has 1 saturated heterocycles. The predicted molar refractivity (Wildman–Crippen MR) is 116 cm³/mol. The highest BCUT2D eigenvalue weighted by atomic mass is 32.1. The van der Waals surface area contributed by atoms with Gasteiger partial charge in [0.25, 0.3) is 5.91 Å². The van der Waals surface area contributed by atoms with E-state index < -0.39 is 0 Å². The Hall–Kier alpha value is -2.79. The Labute approximate surface area is 173 Å². The van der Waals surface area contributed by atoms with Crippen LogP contribution in [0.2, 0.25) is 0 Å². The van der Waals surface area contributed by atoms with Gasteiger partial charge in [-0.25, -0.2) is 4.98 Å². The summed E-state index contributed by atoms with van der Waals surface area (Å²) >= 11 is 1.72. The van der Waals surface area contributed by atoms with Crippen LogP contribution in [-0.2, 0) is 0 Å². The van der Waals surface area contributed by atoms with Crippen LogP contribution in [0, 0.1) is 0 Å². The number of amides is 1. The van der Waals surface area contributed by atoms with E-state index >= 15 is 0 Å². The van der Waals surface area contributed by atoms with Crippen LogP contribution < -0.4 is 0 Å². The minimum atomic E-state index is 0.0659. The van der Waals surface area contributed by atoms with E-state index in [-0.39, 0.29) is 11.9 Å². The van der Waals surface area contributed by atoms with Crippen molar-refractivity contribution in [2.24, 2.45) is 0 Å². The SMILES string of the molecule is O=C(c1cc(C2CC2)nc2ccccc12)N1CCCC1c1nc2ccccc2s1. The molecule has 4 nitrogen and oxygen atoms in total. The smallest absolute Gasteiger partial charge is 0.255 e. The molecule has 0 bridgehead atoms. The molecule has 0 N–H and O–H groups in total. The average Bonchev–Trinajstić information content (AvgIpc) is 3.33. The van der Waals surface area contributed by atoms with Crippen LogP contribution in [0.1, 0.15) is 58.7 Å². The molecule has 1 aliphatic carbocycles. The summed E-state index contributed by atoms with van der Waals surface area (Å²) in [7, 11) is 0. The Morgan fingerprint density at radius 2 is 1.76 bits per heavy atom. The number of carbonyl (C=O) groups is 1. The molecule has 0 radical (unpaired) electrons. The monoisotopic (exact) mass is 399 g/mol. The first-order valence-electron chi connectivity index (χ1n) is 10.3. The van der Waals surface area contributed by atoms with Crippen LogP contribution in [-0.4, -0.2) is 27.3 Å². The number of hydrogen-bond acceptors (Lipinski definition) is 4. The van der Waals surface area contributed by atoms with Crippen molar-refractivity contribution in [1.82, 2.24) is 14.9 Å². The molecule has 29 heavy (non-hydrogen) atoms. The molecule has 1 saturated carbocycles. The highest BCUT2D eigenvalue weighted by Crippen LogP contribution is 2.41. The number of carbonyl (C=O) groups excluding carboxylic acids is 1. The summed E-state index contributed by atoms with van der Waals surface area (Å²) in [5.74, 6) is 0.636. The fourth-order valence-electron chi connectivity index (χ4n) is 4.41. The van der Waals surface area contributed by atoms with Gasteiger partial charge < -0.3 is 4.90 Å². The topological polar surface area (TPSA) is 46.1 Å². The van der Waals surface area contributed by atoms with E-state index in [9.17, 15) is 4.79 Å². The molecule has 1 amide bonds. The number of aromatic nitrogens is 2. The van der Waals surface area contributed by atoms with E-state index in [0.717, 1.165) is 52.1 Å². The molecule has 2 aromatic heterocycles. The number of thiazole rings is 1. The average molecular weight is 400 g/mol. The number of hydrogen-bond donors (Lipinski definition) is 0. The fourth-order valence-corrected chi connectivity index (χ4v) is 5.53. The Kier molecular flexibility index (Phi) is 3.91. The third-order valence-electron chi connectivity index (χ3n) is 6.07. The molecule has 0 spiro atoms. The third-order valence-corrected chi connectivity index (χ3v) is 7.21. The Morgan fingerprint density at radius 1 is 0.966 bits per heavy atom. The zero-order valence-electron chi connectivity index (χ0n) is 16.0. The minimum absolute atomic E-state index is 0.0659. The van der Waals surface area contributed by atoms with Crippen LogP contribution in [0.15, 0.2) is 54.6 Å². The Morgan fingerprint density at radius 3 is 2.59 bits per heavy atom. The molecule has 4 aromatic rings. The minimum Gasteiger partial charge on any atom is -0.329 e. The van der Waals surface area contributed by atoms with E-state index in [1.165, 1.54) is 17.5 Å². The van der Waals surface area contributed by atoms with Crippen LogP contribution in [0.4, 0.5) is 0 Å². The second kappa shape index (κ2) is 6.63. The number of pyridine rings is 1. The predicted octanol–water partition coefficient (Wildman–Crippen LogP) is 5.70. The summed E-state index contributed by atoms with van der Waals surface area (Å²) in [6, 6.07) is 18.4. The Balaban J connectivity index is 1.42. The fraction of sp³-hybridized carbons (Fsp3) is 0.292. The normalized spacial score (nSPS) is 19.3. The summed E-state index contributed by atoms with van der Waals surface area (Å²) in [6.45, 7) is 0.787. The Bertz CT molecular complexity index is 1210. The third kappa shape index (κ3) is 2.92. The van der Waals surface area contributed by atoms with Gasteiger partial charge in [-0.2, -0.15) is 0 Å². The number of benzene rings is 2. The van der Waals surface area contributed by atoms with Gasteiger partial charge in [0, 0.05) is 23.5 Å². The van der Waals surface area contributed by atoms with Gasteiger partial charge >= 0.3 is 0 Å². The highest BCUT2D eigenvalue weighted by molar-refractivity contribution is 7.18. The zero-order chi connectivity index (χ0) is 19.4. The van der Waals surface area contributed by atoms with E-state index in [1.807, 2.05) is 41.3 Å². The first-order valence-corrected chi connectivity index (χ1v) is 11.2. The maximum atomic E-state index is 13.7. The van der Waals surface area contributed by atoms with Gasteiger partial charge in [0.1, 0.15) is 5.01 Å². The molecule has 5 heteroatoms. The van der Waals surface area contributed by atoms with Crippen LogP contribution in [0.5, 0.6) is 0 Å². The molecule has 1 aliphatic heterocycles.